The first-order valence-corrected chi connectivity index (χ1v) is 6.90. The first-order chi connectivity index (χ1) is 9.52. The molecule has 2 aromatic rings. The second-order valence-electron chi connectivity index (χ2n) is 4.02. The Balaban J connectivity index is 2.23. The Hall–Kier alpha value is -1.33. The fourth-order valence-corrected chi connectivity index (χ4v) is 2.24. The Labute approximate surface area is 128 Å². The molecule has 2 nitrogen and oxygen atoms in total. The molecule has 1 N–H and O–H groups in total. The van der Waals surface area contributed by atoms with Crippen molar-refractivity contribution >= 4 is 33.2 Å². The molecule has 0 amide bonds. The van der Waals surface area contributed by atoms with Crippen LogP contribution in [0, 0.1) is 11.6 Å². The smallest absolute Gasteiger partial charge is 0.145 e. The van der Waals surface area contributed by atoms with Gasteiger partial charge in [0.15, 0.2) is 0 Å². The number of halogens is 4. The molecule has 0 bridgehead atoms. The molecule has 0 spiro atoms. The van der Waals surface area contributed by atoms with Crippen LogP contribution in [0.3, 0.4) is 0 Å². The molecule has 0 atom stereocenters. The highest BCUT2D eigenvalue weighted by atomic mass is 79.9. The largest absolute Gasteiger partial charge is 0.497 e. The molecular weight excluding hydrogens is 352 g/mol. The summed E-state index contributed by atoms with van der Waals surface area (Å²) in [6, 6.07) is 7.55. The normalized spacial score (nSPS) is 10.4. The second-order valence-corrected chi connectivity index (χ2v) is 5.28. The van der Waals surface area contributed by atoms with Crippen molar-refractivity contribution in [3.8, 4) is 5.75 Å². The number of rotatable bonds is 4. The number of hydrogen-bond donors (Lipinski definition) is 1. The van der Waals surface area contributed by atoms with Gasteiger partial charge in [-0.1, -0.05) is 11.6 Å². The number of benzene rings is 2. The van der Waals surface area contributed by atoms with Gasteiger partial charge in [-0.25, -0.2) is 8.78 Å². The average Bonchev–Trinajstić information content (AvgIpc) is 2.45. The summed E-state index contributed by atoms with van der Waals surface area (Å²) in [4.78, 5) is 0. The maximum absolute atomic E-state index is 13.8. The van der Waals surface area contributed by atoms with Gasteiger partial charge in [-0.05, 0) is 40.2 Å². The van der Waals surface area contributed by atoms with Crippen molar-refractivity contribution in [3.05, 3.63) is 57.0 Å². The van der Waals surface area contributed by atoms with Gasteiger partial charge in [0.1, 0.15) is 17.4 Å². The molecule has 0 aliphatic carbocycles. The fraction of sp³-hybridized carbons (Fsp3) is 0.143. The van der Waals surface area contributed by atoms with Crippen LogP contribution in [-0.4, -0.2) is 7.11 Å². The minimum Gasteiger partial charge on any atom is -0.497 e. The lowest BCUT2D eigenvalue weighted by Gasteiger charge is -2.12. The summed E-state index contributed by atoms with van der Waals surface area (Å²) in [7, 11) is 1.53. The van der Waals surface area contributed by atoms with Crippen molar-refractivity contribution in [2.75, 3.05) is 12.4 Å². The van der Waals surface area contributed by atoms with E-state index in [-0.39, 0.29) is 16.6 Å². The van der Waals surface area contributed by atoms with Gasteiger partial charge in [0, 0.05) is 18.2 Å². The van der Waals surface area contributed by atoms with Crippen molar-refractivity contribution in [2.45, 2.75) is 6.54 Å². The van der Waals surface area contributed by atoms with E-state index in [1.807, 2.05) is 0 Å². The lowest BCUT2D eigenvalue weighted by atomic mass is 10.2. The summed E-state index contributed by atoms with van der Waals surface area (Å²) in [5.41, 5.74) is 0.489. The van der Waals surface area contributed by atoms with Crippen LogP contribution in [0.1, 0.15) is 5.56 Å². The van der Waals surface area contributed by atoms with Gasteiger partial charge in [0.05, 0.1) is 22.3 Å². The minimum absolute atomic E-state index is 0.0238. The van der Waals surface area contributed by atoms with Crippen molar-refractivity contribution in [3.63, 3.8) is 0 Å². The van der Waals surface area contributed by atoms with Crippen LogP contribution in [0.25, 0.3) is 0 Å². The molecule has 2 aromatic carbocycles. The summed E-state index contributed by atoms with van der Waals surface area (Å²) in [5.74, 6) is -0.638. The Kier molecular flexibility index (Phi) is 4.83. The Morgan fingerprint density at radius 2 is 2.00 bits per heavy atom. The van der Waals surface area contributed by atoms with Crippen molar-refractivity contribution in [2.24, 2.45) is 0 Å². The van der Waals surface area contributed by atoms with Crippen LogP contribution in [0.5, 0.6) is 5.75 Å². The number of anilines is 1. The molecule has 0 saturated heterocycles. The Morgan fingerprint density at radius 1 is 1.25 bits per heavy atom. The molecule has 0 unspecified atom stereocenters. The summed E-state index contributed by atoms with van der Waals surface area (Å²) in [5, 5.41) is 3.35. The van der Waals surface area contributed by atoms with Crippen LogP contribution in [0.2, 0.25) is 5.02 Å². The van der Waals surface area contributed by atoms with Gasteiger partial charge >= 0.3 is 0 Å². The zero-order chi connectivity index (χ0) is 14.7. The van der Waals surface area contributed by atoms with Gasteiger partial charge in [-0.3, -0.25) is 0 Å². The molecule has 2 rings (SSSR count). The summed E-state index contributed by atoms with van der Waals surface area (Å²) in [6.45, 7) is -0.0238. The van der Waals surface area contributed by atoms with Crippen LogP contribution in [-0.2, 0) is 6.54 Å². The summed E-state index contributed by atoms with van der Waals surface area (Å²) < 4.78 is 32.7. The zero-order valence-corrected chi connectivity index (χ0v) is 12.9. The molecular formula is C14H11BrClF2NO. The van der Waals surface area contributed by atoms with Crippen LogP contribution < -0.4 is 10.1 Å². The quantitative estimate of drug-likeness (QED) is 0.773. The third-order valence-electron chi connectivity index (χ3n) is 2.77. The molecule has 0 aromatic heterocycles. The van der Waals surface area contributed by atoms with Crippen molar-refractivity contribution in [1.29, 1.82) is 0 Å². The molecule has 0 aliphatic rings. The van der Waals surface area contributed by atoms with E-state index in [0.717, 1.165) is 0 Å². The van der Waals surface area contributed by atoms with Gasteiger partial charge in [-0.2, -0.15) is 0 Å². The third kappa shape index (κ3) is 3.22. The monoisotopic (exact) mass is 361 g/mol. The van der Waals surface area contributed by atoms with Crippen LogP contribution in [0.4, 0.5) is 14.5 Å². The number of nitrogens with one attached hydrogen (secondary N) is 1. The Morgan fingerprint density at radius 3 is 2.70 bits per heavy atom. The molecule has 0 radical (unpaired) electrons. The maximum atomic E-state index is 13.8. The van der Waals surface area contributed by atoms with E-state index in [9.17, 15) is 8.78 Å². The van der Waals surface area contributed by atoms with E-state index in [2.05, 4.69) is 21.2 Å². The maximum Gasteiger partial charge on any atom is 0.145 e. The lowest BCUT2D eigenvalue weighted by molar-refractivity contribution is 0.415. The standard InChI is InChI=1S/C14H11BrClF2NO/c1-20-8-2-4-11(16)13(6-8)19-7-9-12(17)5-3-10(15)14(9)18/h2-6,19H,7H2,1H3. The van der Waals surface area contributed by atoms with Crippen LogP contribution in [0.15, 0.2) is 34.8 Å². The number of hydrogen-bond acceptors (Lipinski definition) is 2. The third-order valence-corrected chi connectivity index (χ3v) is 3.71. The highest BCUT2D eigenvalue weighted by molar-refractivity contribution is 9.10. The number of methoxy groups -OCH3 is 1. The van der Waals surface area contributed by atoms with Gasteiger partial charge < -0.3 is 10.1 Å². The van der Waals surface area contributed by atoms with Crippen molar-refractivity contribution < 1.29 is 13.5 Å². The van der Waals surface area contributed by atoms with Crippen molar-refractivity contribution in [1.82, 2.24) is 0 Å². The van der Waals surface area contributed by atoms with E-state index in [0.29, 0.717) is 16.5 Å². The molecule has 20 heavy (non-hydrogen) atoms. The SMILES string of the molecule is COc1ccc(Cl)c(NCc2c(F)ccc(Br)c2F)c1. The minimum atomic E-state index is -0.628. The van der Waals surface area contributed by atoms with E-state index in [1.165, 1.54) is 19.2 Å². The van der Waals surface area contributed by atoms with Gasteiger partial charge in [-0.15, -0.1) is 0 Å². The van der Waals surface area contributed by atoms with E-state index in [4.69, 9.17) is 16.3 Å². The second kappa shape index (κ2) is 6.41. The van der Waals surface area contributed by atoms with E-state index < -0.39 is 11.6 Å². The zero-order valence-electron chi connectivity index (χ0n) is 10.5. The molecule has 0 heterocycles. The highest BCUT2D eigenvalue weighted by Gasteiger charge is 2.12. The molecule has 106 valence electrons. The van der Waals surface area contributed by atoms with E-state index in [1.54, 1.807) is 18.2 Å². The van der Waals surface area contributed by atoms with Gasteiger partial charge in [0.25, 0.3) is 0 Å². The number of ether oxygens (including phenoxy) is 1. The molecule has 6 heteroatoms. The first kappa shape index (κ1) is 15.1. The summed E-state index contributed by atoms with van der Waals surface area (Å²) >= 11 is 9.04. The highest BCUT2D eigenvalue weighted by Crippen LogP contribution is 2.28. The Bertz CT molecular complexity index is 637. The van der Waals surface area contributed by atoms with E-state index >= 15 is 0 Å². The molecule has 0 aliphatic heterocycles. The predicted molar refractivity (Wildman–Crippen MR) is 79.4 cm³/mol. The van der Waals surface area contributed by atoms with Gasteiger partial charge in [0.2, 0.25) is 0 Å². The topological polar surface area (TPSA) is 21.3 Å². The predicted octanol–water partition coefficient (Wildman–Crippen LogP) is 5.00. The molecule has 0 saturated carbocycles. The lowest BCUT2D eigenvalue weighted by Crippen LogP contribution is -2.05. The fourth-order valence-electron chi connectivity index (χ4n) is 1.68. The first-order valence-electron chi connectivity index (χ1n) is 5.72. The van der Waals surface area contributed by atoms with Crippen LogP contribution >= 0.6 is 27.5 Å². The molecule has 0 fully saturated rings. The summed E-state index contributed by atoms with van der Waals surface area (Å²) in [6.07, 6.45) is 0. The average molecular weight is 363 g/mol.